The molecule has 1 atom stereocenters. The van der Waals surface area contributed by atoms with Gasteiger partial charge in [0.05, 0.1) is 6.61 Å². The number of unbranched alkanes of at least 4 members (excludes halogenated alkanes) is 1. The Morgan fingerprint density at radius 3 is 2.69 bits per heavy atom. The Balaban J connectivity index is 3.30. The zero-order chi connectivity index (χ0) is 12.2. The third kappa shape index (κ3) is 9.87. The molecule has 0 rings (SSSR count). The molecule has 0 aliphatic heterocycles. The van der Waals surface area contributed by atoms with Gasteiger partial charge in [0, 0.05) is 13.0 Å². The maximum atomic E-state index is 11.3. The second-order valence-corrected chi connectivity index (χ2v) is 4.61. The number of carbonyl (C=O) groups is 1. The van der Waals surface area contributed by atoms with Gasteiger partial charge in [-0.15, -0.1) is 4.52 Å². The van der Waals surface area contributed by atoms with E-state index in [2.05, 4.69) is 17.0 Å². The van der Waals surface area contributed by atoms with E-state index < -0.39 is 14.1 Å². The van der Waals surface area contributed by atoms with Gasteiger partial charge in [-0.1, -0.05) is 13.3 Å². The van der Waals surface area contributed by atoms with Crippen LogP contribution in [0, 0.1) is 0 Å². The molecule has 0 aromatic rings. The number of alkyl carbamates (subject to hydrolysis) is 1. The normalized spacial score (nSPS) is 11.0. The Kier molecular flexibility index (Phi) is 10.4. The minimum absolute atomic E-state index is 0.361. The van der Waals surface area contributed by atoms with E-state index in [0.717, 1.165) is 12.8 Å². The zero-order valence-electron chi connectivity index (χ0n) is 10.0. The zero-order valence-corrected chi connectivity index (χ0v) is 10.9. The van der Waals surface area contributed by atoms with Gasteiger partial charge in [0.1, 0.15) is 6.61 Å². The van der Waals surface area contributed by atoms with Crippen LogP contribution < -0.4 is 5.32 Å². The molecule has 0 radical (unpaired) electrons. The lowest BCUT2D eigenvalue weighted by Crippen LogP contribution is -2.25. The summed E-state index contributed by atoms with van der Waals surface area (Å²) in [6.07, 6.45) is 2.66. The molecular weight excluding hydrogens is 229 g/mol. The topological polar surface area (TPSA) is 64.6 Å². The summed E-state index contributed by atoms with van der Waals surface area (Å²) in [6.45, 7) is 5.19. The highest BCUT2D eigenvalue weighted by Gasteiger charge is 2.15. The summed E-state index contributed by atoms with van der Waals surface area (Å²) in [5, 5.41) is 2.56. The van der Waals surface area contributed by atoms with Gasteiger partial charge in [0.25, 0.3) is 0 Å². The number of nitrogens with one attached hydrogen (secondary N) is 1. The van der Waals surface area contributed by atoms with Crippen LogP contribution in [0.4, 0.5) is 4.79 Å². The molecule has 0 aliphatic rings. The molecule has 5 nitrogen and oxygen atoms in total. The maximum Gasteiger partial charge on any atom is 0.508 e. The Labute approximate surface area is 97.8 Å². The molecule has 0 bridgehead atoms. The molecule has 0 heterocycles. The van der Waals surface area contributed by atoms with Gasteiger partial charge in [0.15, 0.2) is 6.16 Å². The van der Waals surface area contributed by atoms with Gasteiger partial charge in [-0.3, -0.25) is 0 Å². The van der Waals surface area contributed by atoms with Gasteiger partial charge < -0.3 is 10.1 Å². The average molecular weight is 250 g/mol. The molecule has 16 heavy (non-hydrogen) atoms. The van der Waals surface area contributed by atoms with Crippen LogP contribution in [0.1, 0.15) is 33.1 Å². The van der Waals surface area contributed by atoms with Gasteiger partial charge in [-0.05, 0) is 17.9 Å². The summed E-state index contributed by atoms with van der Waals surface area (Å²) in [7, 11) is -1.57. The highest BCUT2D eigenvalue weighted by Crippen LogP contribution is 2.22. The third-order valence-electron chi connectivity index (χ3n) is 1.80. The molecule has 94 valence electrons. The van der Waals surface area contributed by atoms with Crippen molar-refractivity contribution in [1.82, 2.24) is 5.32 Å². The van der Waals surface area contributed by atoms with Crippen molar-refractivity contribution < 1.29 is 18.6 Å². The minimum Gasteiger partial charge on any atom is -0.450 e. The summed E-state index contributed by atoms with van der Waals surface area (Å²) in [6, 6.07) is 0. The molecular formula is C10H21NO4P+. The summed E-state index contributed by atoms with van der Waals surface area (Å²) in [5.41, 5.74) is 0. The number of carbonyl (C=O) groups excluding carboxylic acids is 1. The van der Waals surface area contributed by atoms with Crippen LogP contribution in [0.3, 0.4) is 0 Å². The fraction of sp³-hybridized carbons (Fsp3) is 0.900. The molecule has 1 unspecified atom stereocenters. The van der Waals surface area contributed by atoms with Gasteiger partial charge in [-0.2, -0.15) is 0 Å². The first kappa shape index (κ1) is 15.3. The maximum absolute atomic E-state index is 11.3. The highest BCUT2D eigenvalue weighted by atomic mass is 31.1. The molecule has 0 aliphatic carbocycles. The standard InChI is InChI=1S/C10H20NO4P/c1-3-5-8-15-16(13)9-6-7-11-10(12)14-4-2/h3-9H2,1-2H3/p+1. The van der Waals surface area contributed by atoms with Gasteiger partial charge in [0.2, 0.25) is 0 Å². The van der Waals surface area contributed by atoms with E-state index in [9.17, 15) is 9.36 Å². The predicted octanol–water partition coefficient (Wildman–Crippen LogP) is 2.68. The van der Waals surface area contributed by atoms with E-state index in [1.807, 2.05) is 0 Å². The lowest BCUT2D eigenvalue weighted by molar-refractivity contribution is 0.152. The van der Waals surface area contributed by atoms with E-state index in [-0.39, 0.29) is 0 Å². The molecule has 6 heteroatoms. The van der Waals surface area contributed by atoms with Crippen molar-refractivity contribution >= 4 is 14.1 Å². The van der Waals surface area contributed by atoms with Crippen molar-refractivity contribution in [2.24, 2.45) is 0 Å². The van der Waals surface area contributed by atoms with Crippen LogP contribution in [0.5, 0.6) is 0 Å². The lowest BCUT2D eigenvalue weighted by Gasteiger charge is -2.01. The Hall–Kier alpha value is -0.670. The lowest BCUT2D eigenvalue weighted by atomic mass is 10.4. The molecule has 0 fully saturated rings. The van der Waals surface area contributed by atoms with Crippen LogP contribution in [0.15, 0.2) is 0 Å². The van der Waals surface area contributed by atoms with Crippen molar-refractivity contribution in [3.63, 3.8) is 0 Å². The smallest absolute Gasteiger partial charge is 0.450 e. The predicted molar refractivity (Wildman–Crippen MR) is 63.0 cm³/mol. The largest absolute Gasteiger partial charge is 0.508 e. The van der Waals surface area contributed by atoms with Crippen molar-refractivity contribution in [3.05, 3.63) is 0 Å². The summed E-state index contributed by atoms with van der Waals surface area (Å²) >= 11 is 0. The second kappa shape index (κ2) is 10.8. The van der Waals surface area contributed by atoms with Crippen LogP contribution >= 0.6 is 8.03 Å². The van der Waals surface area contributed by atoms with E-state index >= 15 is 0 Å². The highest BCUT2D eigenvalue weighted by molar-refractivity contribution is 7.39. The van der Waals surface area contributed by atoms with Crippen molar-refractivity contribution in [2.45, 2.75) is 33.1 Å². The van der Waals surface area contributed by atoms with Crippen LogP contribution in [-0.4, -0.2) is 32.0 Å². The van der Waals surface area contributed by atoms with Crippen LogP contribution in [0.25, 0.3) is 0 Å². The molecule has 0 saturated heterocycles. The molecule has 1 amide bonds. The van der Waals surface area contributed by atoms with E-state index in [0.29, 0.717) is 32.3 Å². The average Bonchev–Trinajstić information content (AvgIpc) is 2.25. The van der Waals surface area contributed by atoms with Crippen molar-refractivity contribution in [1.29, 1.82) is 0 Å². The molecule has 0 aromatic carbocycles. The second-order valence-electron chi connectivity index (χ2n) is 3.24. The summed E-state index contributed by atoms with van der Waals surface area (Å²) in [4.78, 5) is 10.9. The third-order valence-corrected chi connectivity index (χ3v) is 2.95. The Morgan fingerprint density at radius 2 is 2.06 bits per heavy atom. The number of ether oxygens (including phenoxy) is 1. The van der Waals surface area contributed by atoms with Crippen LogP contribution in [-0.2, 0) is 13.8 Å². The Bertz CT molecular complexity index is 211. The van der Waals surface area contributed by atoms with E-state index in [1.165, 1.54) is 0 Å². The fourth-order valence-electron chi connectivity index (χ4n) is 0.956. The first-order chi connectivity index (χ1) is 7.70. The fourth-order valence-corrected chi connectivity index (χ4v) is 1.83. The molecule has 1 N–H and O–H groups in total. The monoisotopic (exact) mass is 250 g/mol. The number of amides is 1. The number of hydrogen-bond donors (Lipinski definition) is 1. The minimum atomic E-state index is -1.57. The van der Waals surface area contributed by atoms with Gasteiger partial charge in [-0.25, -0.2) is 4.79 Å². The quantitative estimate of drug-likeness (QED) is 0.504. The number of rotatable bonds is 9. The van der Waals surface area contributed by atoms with Crippen LogP contribution in [0.2, 0.25) is 0 Å². The summed E-state index contributed by atoms with van der Waals surface area (Å²) < 4.78 is 21.0. The molecule has 0 aromatic heterocycles. The first-order valence-electron chi connectivity index (χ1n) is 5.68. The number of hydrogen-bond acceptors (Lipinski definition) is 4. The van der Waals surface area contributed by atoms with E-state index in [1.54, 1.807) is 6.92 Å². The van der Waals surface area contributed by atoms with Crippen molar-refractivity contribution in [2.75, 3.05) is 25.9 Å². The SMILES string of the molecule is CCCCO[P+](=O)CCCNC(=O)OCC. The van der Waals surface area contributed by atoms with E-state index in [4.69, 9.17) is 4.52 Å². The van der Waals surface area contributed by atoms with Gasteiger partial charge >= 0.3 is 14.1 Å². The van der Waals surface area contributed by atoms with Crippen molar-refractivity contribution in [3.8, 4) is 0 Å². The first-order valence-corrected chi connectivity index (χ1v) is 7.05. The summed E-state index contributed by atoms with van der Waals surface area (Å²) in [5.74, 6) is 0. The Morgan fingerprint density at radius 1 is 1.31 bits per heavy atom. The molecule has 0 spiro atoms. The molecule has 0 saturated carbocycles.